The first kappa shape index (κ1) is 24.0. The zero-order valence-corrected chi connectivity index (χ0v) is 20.8. The smallest absolute Gasteiger partial charge is 0.277 e. The van der Waals surface area contributed by atoms with Gasteiger partial charge >= 0.3 is 0 Å². The molecule has 9 heteroatoms. The summed E-state index contributed by atoms with van der Waals surface area (Å²) in [5, 5.41) is 3.39. The van der Waals surface area contributed by atoms with Crippen LogP contribution in [-0.4, -0.2) is 22.1 Å². The van der Waals surface area contributed by atoms with E-state index >= 15 is 4.39 Å². The number of imidazole rings is 1. The predicted molar refractivity (Wildman–Crippen MR) is 132 cm³/mol. The van der Waals surface area contributed by atoms with E-state index in [1.54, 1.807) is 30.6 Å². The molecule has 1 fully saturated rings. The highest BCUT2D eigenvalue weighted by Gasteiger charge is 2.25. The van der Waals surface area contributed by atoms with Gasteiger partial charge in [-0.1, -0.05) is 53.7 Å². The van der Waals surface area contributed by atoms with E-state index in [0.717, 1.165) is 43.0 Å². The first-order valence-electron chi connectivity index (χ1n) is 11.3. The highest BCUT2D eigenvalue weighted by atomic mass is 79.9. The Hall–Kier alpha value is -2.16. The first-order chi connectivity index (χ1) is 16.0. The normalized spacial score (nSPS) is 13.5. The molecule has 0 atom stereocenters. The Kier molecular flexibility index (Phi) is 7.88. The second-order valence-corrected chi connectivity index (χ2v) is 9.74. The molecule has 0 aliphatic heterocycles. The molecule has 0 saturated heterocycles. The summed E-state index contributed by atoms with van der Waals surface area (Å²) in [5.74, 6) is -0.648. The summed E-state index contributed by atoms with van der Waals surface area (Å²) in [7, 11) is 0. The monoisotopic (exact) mass is 536 g/mol. The fraction of sp³-hybridized carbons (Fsp3) is 0.417. The molecule has 176 valence electrons. The van der Waals surface area contributed by atoms with Crippen LogP contribution in [0.5, 0.6) is 0 Å². The summed E-state index contributed by atoms with van der Waals surface area (Å²) in [6.07, 6.45) is 8.16. The van der Waals surface area contributed by atoms with Crippen LogP contribution in [0.25, 0.3) is 11.0 Å². The minimum absolute atomic E-state index is 0.00970. The molecule has 0 bridgehead atoms. The lowest BCUT2D eigenvalue weighted by Crippen LogP contribution is -2.26. The molecular formula is C24H27BrClFN4O2. The number of carbonyl (C=O) groups is 1. The number of aryl methyl sites for hydroxylation is 1. The zero-order chi connectivity index (χ0) is 23.4. The van der Waals surface area contributed by atoms with Crippen LogP contribution in [0.1, 0.15) is 55.8 Å². The van der Waals surface area contributed by atoms with Gasteiger partial charge in [0.2, 0.25) is 0 Å². The molecule has 33 heavy (non-hydrogen) atoms. The summed E-state index contributed by atoms with van der Waals surface area (Å²) >= 11 is 9.70. The van der Waals surface area contributed by atoms with Crippen molar-refractivity contribution >= 4 is 55.8 Å². The molecule has 1 amide bonds. The number of fused-ring (bicyclic) bond motifs is 1. The van der Waals surface area contributed by atoms with Crippen molar-refractivity contribution in [2.75, 3.05) is 11.9 Å². The average Bonchev–Trinajstić information content (AvgIpc) is 3.52. The molecule has 2 aromatic carbocycles. The van der Waals surface area contributed by atoms with E-state index in [-0.39, 0.29) is 16.8 Å². The van der Waals surface area contributed by atoms with Crippen molar-refractivity contribution in [3.8, 4) is 0 Å². The number of hydrogen-bond donors (Lipinski definition) is 2. The molecular weight excluding hydrogens is 511 g/mol. The maximum absolute atomic E-state index is 15.7. The number of nitrogens with zero attached hydrogens (tertiary/aromatic N) is 2. The number of amides is 1. The predicted octanol–water partition coefficient (Wildman–Crippen LogP) is 6.99. The van der Waals surface area contributed by atoms with Crippen LogP contribution in [0, 0.1) is 11.7 Å². The average molecular weight is 538 g/mol. The standard InChI is InChI=1S/C24H27BrClFN4O2/c1-2-3-4-5-10-31-14-28-23-20(31)12-17(24(32)30-33-13-15-6-7-15)22(21(23)27)29-19-9-8-16(25)11-18(19)26/h8-9,11-12,14-15,29H,2-7,10,13H2,1H3,(H,30,32). The van der Waals surface area contributed by atoms with E-state index in [9.17, 15) is 4.79 Å². The zero-order valence-electron chi connectivity index (χ0n) is 18.5. The van der Waals surface area contributed by atoms with Crippen LogP contribution in [0.4, 0.5) is 15.8 Å². The van der Waals surface area contributed by atoms with Gasteiger partial charge in [-0.25, -0.2) is 14.9 Å². The van der Waals surface area contributed by atoms with Crippen molar-refractivity contribution in [1.82, 2.24) is 15.0 Å². The molecule has 0 spiro atoms. The van der Waals surface area contributed by atoms with E-state index in [1.807, 2.05) is 4.57 Å². The SMILES string of the molecule is CCCCCCn1cnc2c(F)c(Nc3ccc(Br)cc3Cl)c(C(=O)NOCC3CC3)cc21. The molecule has 1 aliphatic rings. The number of anilines is 2. The third-order valence-electron chi connectivity index (χ3n) is 5.72. The summed E-state index contributed by atoms with van der Waals surface area (Å²) in [6.45, 7) is 3.32. The van der Waals surface area contributed by atoms with Crippen LogP contribution >= 0.6 is 27.5 Å². The van der Waals surface area contributed by atoms with Crippen LogP contribution < -0.4 is 10.8 Å². The third kappa shape index (κ3) is 5.86. The summed E-state index contributed by atoms with van der Waals surface area (Å²) < 4.78 is 18.4. The topological polar surface area (TPSA) is 68.2 Å². The molecule has 4 rings (SSSR count). The number of halogens is 3. The number of hydrogen-bond acceptors (Lipinski definition) is 4. The summed E-state index contributed by atoms with van der Waals surface area (Å²) in [4.78, 5) is 22.7. The second-order valence-electron chi connectivity index (χ2n) is 8.41. The van der Waals surface area contributed by atoms with Crippen molar-refractivity contribution in [2.45, 2.75) is 52.0 Å². The molecule has 1 saturated carbocycles. The fourth-order valence-electron chi connectivity index (χ4n) is 3.64. The molecule has 1 aromatic heterocycles. The maximum Gasteiger partial charge on any atom is 0.277 e. The Balaban J connectivity index is 1.68. The van der Waals surface area contributed by atoms with Crippen molar-refractivity contribution in [3.63, 3.8) is 0 Å². The largest absolute Gasteiger partial charge is 0.351 e. The minimum atomic E-state index is -0.605. The van der Waals surface area contributed by atoms with E-state index < -0.39 is 11.7 Å². The first-order valence-corrected chi connectivity index (χ1v) is 12.5. The van der Waals surface area contributed by atoms with Gasteiger partial charge in [-0.3, -0.25) is 9.63 Å². The molecule has 0 radical (unpaired) electrons. The Bertz CT molecular complexity index is 1150. The lowest BCUT2D eigenvalue weighted by Gasteiger charge is -2.16. The van der Waals surface area contributed by atoms with Gasteiger partial charge in [-0.05, 0) is 49.4 Å². The number of hydroxylamine groups is 1. The van der Waals surface area contributed by atoms with Crippen molar-refractivity contribution in [1.29, 1.82) is 0 Å². The highest BCUT2D eigenvalue weighted by Crippen LogP contribution is 2.34. The molecule has 6 nitrogen and oxygen atoms in total. The number of carbonyl (C=O) groups excluding carboxylic acids is 1. The van der Waals surface area contributed by atoms with Crippen molar-refractivity contribution in [3.05, 3.63) is 51.5 Å². The third-order valence-corrected chi connectivity index (χ3v) is 6.53. The lowest BCUT2D eigenvalue weighted by molar-refractivity contribution is 0.0271. The van der Waals surface area contributed by atoms with Crippen molar-refractivity contribution in [2.24, 2.45) is 5.92 Å². The van der Waals surface area contributed by atoms with E-state index in [1.165, 1.54) is 0 Å². The Labute approximate surface area is 205 Å². The lowest BCUT2D eigenvalue weighted by atomic mass is 10.1. The molecule has 2 N–H and O–H groups in total. The van der Waals surface area contributed by atoms with Gasteiger partial charge in [0.1, 0.15) is 5.52 Å². The van der Waals surface area contributed by atoms with Crippen LogP contribution in [-0.2, 0) is 11.4 Å². The fourth-order valence-corrected chi connectivity index (χ4v) is 4.36. The highest BCUT2D eigenvalue weighted by molar-refractivity contribution is 9.10. The van der Waals surface area contributed by atoms with Crippen molar-refractivity contribution < 1.29 is 14.0 Å². The summed E-state index contributed by atoms with van der Waals surface area (Å²) in [6, 6.07) is 6.86. The molecule has 1 heterocycles. The van der Waals surface area contributed by atoms with Crippen LogP contribution in [0.3, 0.4) is 0 Å². The van der Waals surface area contributed by atoms with Gasteiger partial charge in [-0.15, -0.1) is 0 Å². The molecule has 3 aromatic rings. The number of unbranched alkanes of at least 4 members (excludes halogenated alkanes) is 3. The van der Waals surface area contributed by atoms with Gasteiger partial charge in [0.15, 0.2) is 5.82 Å². The van der Waals surface area contributed by atoms with E-state index in [2.05, 4.69) is 38.6 Å². The Morgan fingerprint density at radius 3 is 2.85 bits per heavy atom. The van der Waals surface area contributed by atoms with Gasteiger partial charge in [0.25, 0.3) is 5.91 Å². The Morgan fingerprint density at radius 2 is 2.12 bits per heavy atom. The van der Waals surface area contributed by atoms with Gasteiger partial charge in [-0.2, -0.15) is 0 Å². The second kappa shape index (κ2) is 10.8. The van der Waals surface area contributed by atoms with E-state index in [4.69, 9.17) is 16.4 Å². The van der Waals surface area contributed by atoms with Crippen LogP contribution in [0.15, 0.2) is 35.1 Å². The van der Waals surface area contributed by atoms with Crippen LogP contribution in [0.2, 0.25) is 5.02 Å². The number of rotatable bonds is 11. The Morgan fingerprint density at radius 1 is 1.30 bits per heavy atom. The number of benzene rings is 2. The minimum Gasteiger partial charge on any atom is -0.351 e. The molecule has 0 unspecified atom stereocenters. The number of aromatic nitrogens is 2. The van der Waals surface area contributed by atoms with E-state index in [0.29, 0.717) is 35.3 Å². The van der Waals surface area contributed by atoms with Gasteiger partial charge in [0, 0.05) is 11.0 Å². The maximum atomic E-state index is 15.7. The van der Waals surface area contributed by atoms with Gasteiger partial charge < -0.3 is 9.88 Å². The molecule has 1 aliphatic carbocycles. The van der Waals surface area contributed by atoms with Gasteiger partial charge in [0.05, 0.1) is 40.4 Å². The number of nitrogens with one attached hydrogen (secondary N) is 2. The summed E-state index contributed by atoms with van der Waals surface area (Å²) in [5.41, 5.74) is 3.86. The quantitative estimate of drug-likeness (QED) is 0.204.